The lowest BCUT2D eigenvalue weighted by molar-refractivity contribution is -0.146. The highest BCUT2D eigenvalue weighted by atomic mass is 16.6. The highest BCUT2D eigenvalue weighted by Crippen LogP contribution is 2.65. The van der Waals surface area contributed by atoms with Crippen molar-refractivity contribution in [2.75, 3.05) is 27.4 Å². The van der Waals surface area contributed by atoms with Crippen molar-refractivity contribution in [3.05, 3.63) is 22.6 Å². The highest BCUT2D eigenvalue weighted by Gasteiger charge is 2.72. The quantitative estimate of drug-likeness (QED) is 0.729. The molecular weight excluding hydrogens is 328 g/mol. The second kappa shape index (κ2) is 5.08. The van der Waals surface area contributed by atoms with Gasteiger partial charge in [0, 0.05) is 30.7 Å². The molecule has 4 rings (SSSR count). The van der Waals surface area contributed by atoms with Crippen molar-refractivity contribution in [2.45, 2.75) is 19.1 Å². The molecule has 0 radical (unpaired) electrons. The fourth-order valence-electron chi connectivity index (χ4n) is 4.86. The Morgan fingerprint density at radius 2 is 2.04 bits per heavy atom. The predicted octanol–water partition coefficient (Wildman–Crippen LogP) is 0.332. The minimum absolute atomic E-state index is 0.0348. The Labute approximate surface area is 144 Å². The van der Waals surface area contributed by atoms with Gasteiger partial charge in [0.2, 0.25) is 11.6 Å². The molecule has 0 aromatic rings. The van der Waals surface area contributed by atoms with E-state index in [4.69, 9.17) is 19.9 Å². The number of methoxy groups -OCH3 is 2. The number of carbonyl (C=O) groups excluding carboxylic acids is 3. The number of rotatable bonds is 4. The van der Waals surface area contributed by atoms with Gasteiger partial charge in [-0.3, -0.25) is 9.59 Å². The number of ether oxygens (including phenoxy) is 3. The van der Waals surface area contributed by atoms with Crippen LogP contribution in [0.3, 0.4) is 0 Å². The van der Waals surface area contributed by atoms with Crippen LogP contribution in [0.4, 0.5) is 4.79 Å². The number of amides is 1. The van der Waals surface area contributed by atoms with E-state index in [0.717, 1.165) is 6.42 Å². The van der Waals surface area contributed by atoms with Crippen molar-refractivity contribution in [1.29, 1.82) is 0 Å². The molecular formula is C17H20N2O6. The van der Waals surface area contributed by atoms with Crippen LogP contribution in [0.1, 0.15) is 13.3 Å². The average Bonchev–Trinajstić information content (AvgIpc) is 3.18. The normalized spacial score (nSPS) is 35.6. The smallest absolute Gasteiger partial charge is 0.404 e. The summed E-state index contributed by atoms with van der Waals surface area (Å²) in [5.41, 5.74) is 5.23. The van der Waals surface area contributed by atoms with Gasteiger partial charge in [-0.2, -0.15) is 0 Å². The van der Waals surface area contributed by atoms with Crippen LogP contribution in [-0.2, 0) is 23.8 Å². The van der Waals surface area contributed by atoms with E-state index in [2.05, 4.69) is 0 Å². The molecule has 0 unspecified atom stereocenters. The minimum atomic E-state index is -0.925. The Hall–Kier alpha value is -2.35. The van der Waals surface area contributed by atoms with Crippen LogP contribution >= 0.6 is 0 Å². The fraction of sp³-hybridized carbons (Fsp3) is 0.588. The zero-order chi connectivity index (χ0) is 18.1. The number of hydrogen-bond donors (Lipinski definition) is 1. The van der Waals surface area contributed by atoms with Gasteiger partial charge in [-0.25, -0.2) is 4.79 Å². The summed E-state index contributed by atoms with van der Waals surface area (Å²) in [5.74, 6) is -0.524. The summed E-state index contributed by atoms with van der Waals surface area (Å²) in [7, 11) is 2.93. The summed E-state index contributed by atoms with van der Waals surface area (Å²) in [4.78, 5) is 39.0. The molecule has 0 aromatic heterocycles. The number of Topliss-reactive ketones (excluding diaryl/α,β-unsaturated/α-hetero) is 2. The van der Waals surface area contributed by atoms with E-state index >= 15 is 0 Å². The molecule has 2 heterocycles. The van der Waals surface area contributed by atoms with E-state index in [0.29, 0.717) is 23.7 Å². The lowest BCUT2D eigenvalue weighted by Crippen LogP contribution is -2.51. The number of carbonyl (C=O) groups is 3. The zero-order valence-corrected chi connectivity index (χ0v) is 14.3. The van der Waals surface area contributed by atoms with Crippen molar-refractivity contribution in [2.24, 2.45) is 23.5 Å². The number of ketones is 2. The Kier molecular flexibility index (Phi) is 3.28. The summed E-state index contributed by atoms with van der Waals surface area (Å²) < 4.78 is 16.1. The third kappa shape index (κ3) is 1.83. The first-order valence-electron chi connectivity index (χ1n) is 8.21. The SMILES string of the molecule is COC1=C(C)C(=O)C2=C(C1=O)[C@@H](COC(N)=O)[C@@]1(OC)[C@H]3C[C@H]3CN21. The molecule has 0 spiro atoms. The zero-order valence-electron chi connectivity index (χ0n) is 14.3. The molecule has 4 aliphatic rings. The van der Waals surface area contributed by atoms with Crippen molar-refractivity contribution in [1.82, 2.24) is 4.90 Å². The average molecular weight is 348 g/mol. The summed E-state index contributed by atoms with van der Waals surface area (Å²) in [5, 5.41) is 0. The molecule has 2 aliphatic carbocycles. The Morgan fingerprint density at radius 3 is 2.64 bits per heavy atom. The van der Waals surface area contributed by atoms with E-state index in [9.17, 15) is 14.4 Å². The third-order valence-corrected chi connectivity index (χ3v) is 5.94. The van der Waals surface area contributed by atoms with Crippen LogP contribution in [0.5, 0.6) is 0 Å². The summed E-state index contributed by atoms with van der Waals surface area (Å²) in [6.07, 6.45) is 0.0367. The lowest BCUT2D eigenvalue weighted by Gasteiger charge is -2.40. The van der Waals surface area contributed by atoms with Crippen LogP contribution in [-0.4, -0.2) is 55.7 Å². The minimum Gasteiger partial charge on any atom is -0.492 e. The van der Waals surface area contributed by atoms with Crippen molar-refractivity contribution < 1.29 is 28.6 Å². The summed E-state index contributed by atoms with van der Waals surface area (Å²) in [6.45, 7) is 2.12. The number of piperidine rings is 1. The van der Waals surface area contributed by atoms with Gasteiger partial charge in [0.15, 0.2) is 11.5 Å². The maximum absolute atomic E-state index is 13.0. The molecule has 1 saturated heterocycles. The standard InChI is InChI=1S/C17H20N2O6/c1-7-13(20)12-11(14(21)15(7)23-2)10(6-25-16(18)22)17(24-3)9-4-8(9)5-19(12)17/h8-10H,4-6H2,1-3H3,(H2,18,22)/t8-,9-,10+,17-/m0/s1. The van der Waals surface area contributed by atoms with E-state index in [-0.39, 0.29) is 35.4 Å². The Balaban J connectivity index is 1.84. The van der Waals surface area contributed by atoms with Gasteiger partial charge < -0.3 is 24.8 Å². The second-order valence-electron chi connectivity index (χ2n) is 6.93. The van der Waals surface area contributed by atoms with Crippen molar-refractivity contribution in [3.63, 3.8) is 0 Å². The van der Waals surface area contributed by atoms with Gasteiger partial charge in [0.1, 0.15) is 6.61 Å². The molecule has 0 aromatic carbocycles. The lowest BCUT2D eigenvalue weighted by atomic mass is 9.82. The maximum Gasteiger partial charge on any atom is 0.404 e. The van der Waals surface area contributed by atoms with E-state index in [1.54, 1.807) is 14.0 Å². The van der Waals surface area contributed by atoms with E-state index < -0.39 is 17.7 Å². The molecule has 134 valence electrons. The second-order valence-corrected chi connectivity index (χ2v) is 6.93. The molecule has 4 atom stereocenters. The van der Waals surface area contributed by atoms with Crippen LogP contribution in [0.15, 0.2) is 22.6 Å². The first-order valence-corrected chi connectivity index (χ1v) is 8.21. The number of nitrogens with two attached hydrogens (primary N) is 1. The number of allylic oxidation sites excluding steroid dienone is 2. The number of nitrogens with zero attached hydrogens (tertiary/aromatic N) is 1. The first kappa shape index (κ1) is 16.1. The van der Waals surface area contributed by atoms with Gasteiger partial charge in [-0.05, 0) is 19.3 Å². The summed E-state index contributed by atoms with van der Waals surface area (Å²) in [6, 6.07) is 0. The predicted molar refractivity (Wildman–Crippen MR) is 83.8 cm³/mol. The Morgan fingerprint density at radius 1 is 1.32 bits per heavy atom. The van der Waals surface area contributed by atoms with Gasteiger partial charge in [-0.1, -0.05) is 0 Å². The van der Waals surface area contributed by atoms with Crippen LogP contribution < -0.4 is 5.73 Å². The topological polar surface area (TPSA) is 108 Å². The molecule has 25 heavy (non-hydrogen) atoms. The van der Waals surface area contributed by atoms with Crippen molar-refractivity contribution >= 4 is 17.7 Å². The molecule has 2 aliphatic heterocycles. The molecule has 1 amide bonds. The third-order valence-electron chi connectivity index (χ3n) is 5.94. The van der Waals surface area contributed by atoms with E-state index in [1.807, 2.05) is 4.90 Å². The monoisotopic (exact) mass is 348 g/mol. The Bertz CT molecular complexity index is 769. The molecule has 8 nitrogen and oxygen atoms in total. The van der Waals surface area contributed by atoms with Crippen LogP contribution in [0.2, 0.25) is 0 Å². The number of fused-ring (bicyclic) bond motifs is 4. The van der Waals surface area contributed by atoms with Gasteiger partial charge in [-0.15, -0.1) is 0 Å². The number of primary amides is 1. The fourth-order valence-corrected chi connectivity index (χ4v) is 4.86. The molecule has 0 bridgehead atoms. The van der Waals surface area contributed by atoms with Gasteiger partial charge in [0.25, 0.3) is 0 Å². The largest absolute Gasteiger partial charge is 0.492 e. The highest BCUT2D eigenvalue weighted by molar-refractivity contribution is 6.25. The first-order chi connectivity index (χ1) is 11.9. The van der Waals surface area contributed by atoms with E-state index in [1.165, 1.54) is 7.11 Å². The van der Waals surface area contributed by atoms with Crippen LogP contribution in [0.25, 0.3) is 0 Å². The van der Waals surface area contributed by atoms with Crippen LogP contribution in [0, 0.1) is 17.8 Å². The van der Waals surface area contributed by atoms with Gasteiger partial charge in [0.05, 0.1) is 18.7 Å². The molecule has 2 fully saturated rings. The van der Waals surface area contributed by atoms with Gasteiger partial charge >= 0.3 is 6.09 Å². The molecule has 2 N–H and O–H groups in total. The maximum atomic E-state index is 13.0. The molecule has 8 heteroatoms. The molecule has 1 saturated carbocycles. The van der Waals surface area contributed by atoms with Crippen molar-refractivity contribution in [3.8, 4) is 0 Å². The summed E-state index contributed by atoms with van der Waals surface area (Å²) >= 11 is 0. The number of hydrogen-bond acceptors (Lipinski definition) is 7.